The molecule has 5 nitrogen and oxygen atoms in total. The van der Waals surface area contributed by atoms with Crippen molar-refractivity contribution in [2.75, 3.05) is 14.2 Å². The zero-order valence-corrected chi connectivity index (χ0v) is 14.7. The first-order valence-corrected chi connectivity index (χ1v) is 6.94. The van der Waals surface area contributed by atoms with Gasteiger partial charge in [0, 0.05) is 12.1 Å². The van der Waals surface area contributed by atoms with Crippen LogP contribution in [0.4, 0.5) is 0 Å². The summed E-state index contributed by atoms with van der Waals surface area (Å²) in [7, 11) is 6.75. The van der Waals surface area contributed by atoms with E-state index >= 15 is 0 Å². The van der Waals surface area contributed by atoms with Crippen LogP contribution in [0.5, 0.6) is 11.5 Å². The summed E-state index contributed by atoms with van der Waals surface area (Å²) in [6, 6.07) is 7.61. The molecule has 6 heteroatoms. The van der Waals surface area contributed by atoms with Crippen LogP contribution in [0.15, 0.2) is 29.1 Å². The van der Waals surface area contributed by atoms with E-state index in [1.807, 2.05) is 43.3 Å². The van der Waals surface area contributed by atoms with Gasteiger partial charge < -0.3 is 21.9 Å². The number of hydrogen-bond donors (Lipinski definition) is 0. The summed E-state index contributed by atoms with van der Waals surface area (Å²) in [5.41, 5.74) is 2.63. The predicted octanol–water partition coefficient (Wildman–Crippen LogP) is -1.29. The molecule has 0 radical (unpaired) electrons. The molecule has 1 heterocycles. The summed E-state index contributed by atoms with van der Waals surface area (Å²) < 4.78 is 13.7. The number of aromatic nitrogens is 2. The molecule has 0 bridgehead atoms. The van der Waals surface area contributed by atoms with Gasteiger partial charge in [0.05, 0.1) is 28.3 Å². The van der Waals surface area contributed by atoms with E-state index in [2.05, 4.69) is 0 Å². The molecule has 0 amide bonds. The van der Waals surface area contributed by atoms with Gasteiger partial charge in [-0.25, -0.2) is 0 Å². The largest absolute Gasteiger partial charge is 1.00 e. The normalized spacial score (nSPS) is 10.5. The molecule has 2 aromatic rings. The highest BCUT2D eigenvalue weighted by Crippen LogP contribution is 2.23. The van der Waals surface area contributed by atoms with Crippen molar-refractivity contribution >= 4 is 12.2 Å². The molecule has 0 aliphatic carbocycles. The third kappa shape index (κ3) is 4.13. The molecule has 1 aromatic carbocycles. The maximum absolute atomic E-state index is 12.1. The molecule has 0 saturated heterocycles. The minimum absolute atomic E-state index is 0. The maximum atomic E-state index is 12.1. The van der Waals surface area contributed by atoms with Crippen molar-refractivity contribution in [3.8, 4) is 11.5 Å². The van der Waals surface area contributed by atoms with Gasteiger partial charge in [0.2, 0.25) is 0 Å². The average molecular weight is 337 g/mol. The smallest absolute Gasteiger partial charge is 0.498 e. The SMILES string of the molecule is COc1cc(/C=C/c2cc(C)[n+](C)c(=O)n2C)cc(OC)c1.[Cl-]. The Hall–Kier alpha value is -2.27. The molecule has 0 aliphatic heterocycles. The van der Waals surface area contributed by atoms with Crippen LogP contribution in [0, 0.1) is 6.92 Å². The van der Waals surface area contributed by atoms with E-state index in [4.69, 9.17) is 9.47 Å². The molecule has 0 unspecified atom stereocenters. The summed E-state index contributed by atoms with van der Waals surface area (Å²) >= 11 is 0. The molecule has 23 heavy (non-hydrogen) atoms. The van der Waals surface area contributed by atoms with Crippen LogP contribution in [0.3, 0.4) is 0 Å². The first-order chi connectivity index (χ1) is 10.5. The standard InChI is InChI=1S/C17H21N2O3.ClH/c1-12-8-14(19(3)17(20)18(12)2)7-6-13-9-15(21-4)11-16(10-13)22-5;/h6-11H,1-5H3;1H/q+1;/p-1/b7-6+;. The second-order valence-corrected chi connectivity index (χ2v) is 5.09. The van der Waals surface area contributed by atoms with Crippen LogP contribution in [0.2, 0.25) is 0 Å². The number of halogens is 1. The van der Waals surface area contributed by atoms with Crippen molar-refractivity contribution in [3.05, 3.63) is 51.7 Å². The van der Waals surface area contributed by atoms with Crippen LogP contribution < -0.4 is 32.1 Å². The summed E-state index contributed by atoms with van der Waals surface area (Å²) in [6.45, 7) is 1.91. The second-order valence-electron chi connectivity index (χ2n) is 5.09. The van der Waals surface area contributed by atoms with E-state index < -0.39 is 0 Å². The lowest BCUT2D eigenvalue weighted by atomic mass is 10.1. The van der Waals surface area contributed by atoms with E-state index in [1.165, 1.54) is 0 Å². The molecular formula is C17H21ClN2O3. The number of nitrogens with zero attached hydrogens (tertiary/aromatic N) is 2. The van der Waals surface area contributed by atoms with Crippen molar-refractivity contribution in [1.82, 2.24) is 4.57 Å². The zero-order chi connectivity index (χ0) is 16.3. The molecule has 0 fully saturated rings. The van der Waals surface area contributed by atoms with Crippen molar-refractivity contribution in [2.24, 2.45) is 14.1 Å². The minimum atomic E-state index is -0.0529. The van der Waals surface area contributed by atoms with Crippen LogP contribution >= 0.6 is 0 Å². The lowest BCUT2D eigenvalue weighted by Gasteiger charge is -2.06. The van der Waals surface area contributed by atoms with Gasteiger partial charge in [-0.2, -0.15) is 13.9 Å². The Bertz CT molecular complexity index is 760. The Morgan fingerprint density at radius 1 is 1.04 bits per heavy atom. The van der Waals surface area contributed by atoms with E-state index in [0.717, 1.165) is 28.5 Å². The number of benzene rings is 1. The highest BCUT2D eigenvalue weighted by atomic mass is 35.5. The first-order valence-electron chi connectivity index (χ1n) is 6.94. The van der Waals surface area contributed by atoms with E-state index in [1.54, 1.807) is 37.4 Å². The van der Waals surface area contributed by atoms with Gasteiger partial charge in [0.1, 0.15) is 22.9 Å². The predicted molar refractivity (Wildman–Crippen MR) is 86.1 cm³/mol. The van der Waals surface area contributed by atoms with Crippen LogP contribution in [-0.2, 0) is 14.1 Å². The number of ether oxygens (including phenoxy) is 2. The van der Waals surface area contributed by atoms with Crippen LogP contribution in [-0.4, -0.2) is 18.8 Å². The van der Waals surface area contributed by atoms with Crippen molar-refractivity contribution in [3.63, 3.8) is 0 Å². The molecule has 1 aromatic heterocycles. The quantitative estimate of drug-likeness (QED) is 0.653. The van der Waals surface area contributed by atoms with Gasteiger partial charge in [0.25, 0.3) is 0 Å². The third-order valence-electron chi connectivity index (χ3n) is 3.67. The number of rotatable bonds is 4. The molecule has 0 aliphatic rings. The summed E-state index contributed by atoms with van der Waals surface area (Å²) in [6.07, 6.45) is 3.84. The second kappa shape index (κ2) is 7.83. The monoisotopic (exact) mass is 336 g/mol. The van der Waals surface area contributed by atoms with Crippen molar-refractivity contribution < 1.29 is 26.4 Å². The van der Waals surface area contributed by atoms with Gasteiger partial charge in [-0.15, -0.1) is 0 Å². The third-order valence-corrected chi connectivity index (χ3v) is 3.67. The van der Waals surface area contributed by atoms with Crippen molar-refractivity contribution in [2.45, 2.75) is 6.92 Å². The topological polar surface area (TPSA) is 44.3 Å². The Labute approximate surface area is 142 Å². The number of aryl methyl sites for hydroxylation is 1. The molecular weight excluding hydrogens is 316 g/mol. The molecule has 0 atom stereocenters. The van der Waals surface area contributed by atoms with Gasteiger partial charge in [0.15, 0.2) is 0 Å². The Morgan fingerprint density at radius 2 is 1.61 bits per heavy atom. The molecule has 0 spiro atoms. The summed E-state index contributed by atoms with van der Waals surface area (Å²) in [5, 5.41) is 0. The molecule has 124 valence electrons. The van der Waals surface area contributed by atoms with E-state index in [0.29, 0.717) is 0 Å². The fourth-order valence-electron chi connectivity index (χ4n) is 2.16. The lowest BCUT2D eigenvalue weighted by Crippen LogP contribution is -3.00. The Balaban J connectivity index is 0.00000264. The number of hydrogen-bond acceptors (Lipinski definition) is 3. The van der Waals surface area contributed by atoms with Crippen LogP contribution in [0.25, 0.3) is 12.2 Å². The van der Waals surface area contributed by atoms with Crippen molar-refractivity contribution in [1.29, 1.82) is 0 Å². The molecule has 0 saturated carbocycles. The zero-order valence-electron chi connectivity index (χ0n) is 14.0. The number of methoxy groups -OCH3 is 2. The van der Waals surface area contributed by atoms with Gasteiger partial charge in [-0.3, -0.25) is 0 Å². The Morgan fingerprint density at radius 3 is 2.13 bits per heavy atom. The summed E-state index contributed by atoms with van der Waals surface area (Å²) in [4.78, 5) is 12.1. The van der Waals surface area contributed by atoms with Gasteiger partial charge >= 0.3 is 5.69 Å². The first kappa shape index (κ1) is 18.8. The fraction of sp³-hybridized carbons (Fsp3) is 0.294. The van der Waals surface area contributed by atoms with Gasteiger partial charge in [-0.1, -0.05) is 6.08 Å². The Kier molecular flexibility index (Phi) is 6.39. The fourth-order valence-corrected chi connectivity index (χ4v) is 2.16. The highest BCUT2D eigenvalue weighted by molar-refractivity contribution is 5.69. The maximum Gasteiger partial charge on any atom is 0.498 e. The van der Waals surface area contributed by atoms with E-state index in [-0.39, 0.29) is 18.1 Å². The van der Waals surface area contributed by atoms with Crippen LogP contribution in [0.1, 0.15) is 17.0 Å². The minimum Gasteiger partial charge on any atom is -1.00 e. The lowest BCUT2D eigenvalue weighted by molar-refractivity contribution is -0.696. The highest BCUT2D eigenvalue weighted by Gasteiger charge is 2.11. The molecule has 0 N–H and O–H groups in total. The summed E-state index contributed by atoms with van der Waals surface area (Å²) in [5.74, 6) is 1.45. The van der Waals surface area contributed by atoms with E-state index in [9.17, 15) is 4.79 Å². The molecule has 2 rings (SSSR count). The average Bonchev–Trinajstić information content (AvgIpc) is 2.54. The van der Waals surface area contributed by atoms with Gasteiger partial charge in [-0.05, 0) is 30.7 Å².